The van der Waals surface area contributed by atoms with Crippen LogP contribution in [0.1, 0.15) is 0 Å². The monoisotopic (exact) mass is 276 g/mol. The van der Waals surface area contributed by atoms with Gasteiger partial charge in [0.15, 0.2) is 5.57 Å². The standard InChI is InChI=1S/C14H8N6O/c1-20-8-18-12-3-2-10(4-11(12)14(20)21)19-13(7-17)9(5-15)6-16/h2-4,8,19H,1H3. The van der Waals surface area contributed by atoms with E-state index in [9.17, 15) is 4.79 Å². The largest absolute Gasteiger partial charge is 0.345 e. The number of nitrogens with zero attached hydrogens (tertiary/aromatic N) is 5. The third kappa shape index (κ3) is 2.56. The third-order valence-corrected chi connectivity index (χ3v) is 2.77. The highest BCUT2D eigenvalue weighted by molar-refractivity contribution is 5.82. The Morgan fingerprint density at radius 2 is 1.95 bits per heavy atom. The van der Waals surface area contributed by atoms with E-state index in [2.05, 4.69) is 10.3 Å². The molecule has 7 nitrogen and oxygen atoms in total. The Kier molecular flexibility index (Phi) is 3.65. The van der Waals surface area contributed by atoms with Crippen LogP contribution in [0.3, 0.4) is 0 Å². The van der Waals surface area contributed by atoms with Gasteiger partial charge in [-0.25, -0.2) is 4.98 Å². The van der Waals surface area contributed by atoms with Crippen LogP contribution in [-0.2, 0) is 7.05 Å². The summed E-state index contributed by atoms with van der Waals surface area (Å²) in [6.45, 7) is 0. The first kappa shape index (κ1) is 13.8. The predicted molar refractivity (Wildman–Crippen MR) is 74.5 cm³/mol. The Bertz CT molecular complexity index is 917. The minimum absolute atomic E-state index is 0.167. The van der Waals surface area contributed by atoms with E-state index >= 15 is 0 Å². The summed E-state index contributed by atoms with van der Waals surface area (Å²) in [5, 5.41) is 29.6. The highest BCUT2D eigenvalue weighted by Gasteiger charge is 2.08. The Balaban J connectivity index is 2.56. The number of fused-ring (bicyclic) bond motifs is 1. The van der Waals surface area contributed by atoms with Gasteiger partial charge in [0.1, 0.15) is 23.9 Å². The van der Waals surface area contributed by atoms with Crippen molar-refractivity contribution in [3.05, 3.63) is 46.2 Å². The molecule has 0 fully saturated rings. The van der Waals surface area contributed by atoms with E-state index in [1.54, 1.807) is 37.4 Å². The van der Waals surface area contributed by atoms with E-state index in [1.807, 2.05) is 0 Å². The molecule has 0 aliphatic heterocycles. The summed E-state index contributed by atoms with van der Waals surface area (Å²) < 4.78 is 1.34. The summed E-state index contributed by atoms with van der Waals surface area (Å²) in [6, 6.07) is 9.77. The molecule has 0 unspecified atom stereocenters. The first-order valence-corrected chi connectivity index (χ1v) is 5.77. The lowest BCUT2D eigenvalue weighted by Gasteiger charge is -2.06. The average molecular weight is 276 g/mol. The van der Waals surface area contributed by atoms with Crippen molar-refractivity contribution in [3.63, 3.8) is 0 Å². The fourth-order valence-electron chi connectivity index (χ4n) is 1.72. The zero-order chi connectivity index (χ0) is 15.4. The molecule has 100 valence electrons. The molecular weight excluding hydrogens is 268 g/mol. The van der Waals surface area contributed by atoms with Crippen molar-refractivity contribution in [2.45, 2.75) is 0 Å². The molecule has 7 heteroatoms. The molecular formula is C14H8N6O. The quantitative estimate of drug-likeness (QED) is 0.822. The number of aromatic nitrogens is 2. The summed E-state index contributed by atoms with van der Waals surface area (Å²) in [7, 11) is 1.58. The third-order valence-electron chi connectivity index (χ3n) is 2.77. The van der Waals surface area contributed by atoms with Gasteiger partial charge in [0.2, 0.25) is 0 Å². The molecule has 0 saturated heterocycles. The zero-order valence-electron chi connectivity index (χ0n) is 11.0. The van der Waals surface area contributed by atoms with Gasteiger partial charge in [-0.05, 0) is 18.2 Å². The van der Waals surface area contributed by atoms with Gasteiger partial charge in [-0.1, -0.05) is 0 Å². The van der Waals surface area contributed by atoms with Crippen LogP contribution < -0.4 is 10.9 Å². The highest BCUT2D eigenvalue weighted by atomic mass is 16.1. The number of benzene rings is 1. The first-order chi connectivity index (χ1) is 10.1. The average Bonchev–Trinajstić information content (AvgIpc) is 2.51. The second kappa shape index (κ2) is 5.56. The number of aryl methyl sites for hydroxylation is 1. The molecule has 0 atom stereocenters. The van der Waals surface area contributed by atoms with Crippen molar-refractivity contribution < 1.29 is 0 Å². The van der Waals surface area contributed by atoms with Crippen molar-refractivity contribution in [1.29, 1.82) is 15.8 Å². The lowest BCUT2D eigenvalue weighted by molar-refractivity contribution is 0.843. The topological polar surface area (TPSA) is 118 Å². The Morgan fingerprint density at radius 3 is 2.57 bits per heavy atom. The van der Waals surface area contributed by atoms with E-state index < -0.39 is 0 Å². The van der Waals surface area contributed by atoms with E-state index in [-0.39, 0.29) is 16.8 Å². The molecule has 1 N–H and O–H groups in total. The number of nitrogens with one attached hydrogen (secondary N) is 1. The molecule has 1 aromatic heterocycles. The SMILES string of the molecule is Cn1cnc2ccc(NC(C#N)=C(C#N)C#N)cc2c1=O. The number of allylic oxidation sites excluding steroid dienone is 2. The summed E-state index contributed by atoms with van der Waals surface area (Å²) in [6.07, 6.45) is 1.42. The van der Waals surface area contributed by atoms with E-state index in [0.717, 1.165) is 0 Å². The van der Waals surface area contributed by atoms with Crippen molar-refractivity contribution in [2.24, 2.45) is 7.05 Å². The molecule has 21 heavy (non-hydrogen) atoms. The van der Waals surface area contributed by atoms with Crippen LogP contribution in [0.2, 0.25) is 0 Å². The lowest BCUT2D eigenvalue weighted by Crippen LogP contribution is -2.17. The van der Waals surface area contributed by atoms with E-state index in [4.69, 9.17) is 15.8 Å². The lowest BCUT2D eigenvalue weighted by atomic mass is 10.2. The van der Waals surface area contributed by atoms with E-state index in [1.165, 1.54) is 17.0 Å². The van der Waals surface area contributed by atoms with E-state index in [0.29, 0.717) is 16.6 Å². The molecule has 0 radical (unpaired) electrons. The van der Waals surface area contributed by atoms with Gasteiger partial charge in [-0.3, -0.25) is 4.79 Å². The predicted octanol–water partition coefficient (Wildman–Crippen LogP) is 1.17. The fourth-order valence-corrected chi connectivity index (χ4v) is 1.72. The van der Waals surface area contributed by atoms with Gasteiger partial charge in [-0.2, -0.15) is 15.8 Å². The van der Waals surface area contributed by atoms with Crippen LogP contribution in [0.15, 0.2) is 40.6 Å². The number of anilines is 1. The molecule has 0 amide bonds. The van der Waals surface area contributed by atoms with Crippen molar-refractivity contribution in [1.82, 2.24) is 9.55 Å². The Labute approximate surface area is 119 Å². The van der Waals surface area contributed by atoms with Crippen LogP contribution in [0.25, 0.3) is 10.9 Å². The van der Waals surface area contributed by atoms with Crippen LogP contribution >= 0.6 is 0 Å². The van der Waals surface area contributed by atoms with Gasteiger partial charge in [0.25, 0.3) is 5.56 Å². The second-order valence-corrected chi connectivity index (χ2v) is 4.10. The zero-order valence-corrected chi connectivity index (χ0v) is 11.0. The molecule has 0 saturated carbocycles. The maximum absolute atomic E-state index is 12.0. The normalized spacial score (nSPS) is 9.24. The summed E-state index contributed by atoms with van der Waals surface area (Å²) >= 11 is 0. The maximum Gasteiger partial charge on any atom is 0.260 e. The Morgan fingerprint density at radius 1 is 1.24 bits per heavy atom. The van der Waals surface area contributed by atoms with Crippen molar-refractivity contribution in [3.8, 4) is 18.2 Å². The molecule has 2 rings (SSSR count). The minimum Gasteiger partial charge on any atom is -0.345 e. The van der Waals surface area contributed by atoms with Gasteiger partial charge >= 0.3 is 0 Å². The molecule has 0 bridgehead atoms. The van der Waals surface area contributed by atoms with Crippen LogP contribution in [0, 0.1) is 34.0 Å². The molecule has 1 heterocycles. The summed E-state index contributed by atoms with van der Waals surface area (Å²) in [5.41, 5.74) is 0.225. The van der Waals surface area contributed by atoms with Gasteiger partial charge < -0.3 is 9.88 Å². The van der Waals surface area contributed by atoms with Crippen LogP contribution in [-0.4, -0.2) is 9.55 Å². The number of hydrogen-bond donors (Lipinski definition) is 1. The summed E-state index contributed by atoms with van der Waals surface area (Å²) in [4.78, 5) is 16.1. The van der Waals surface area contributed by atoms with Crippen molar-refractivity contribution in [2.75, 3.05) is 5.32 Å². The summed E-state index contributed by atoms with van der Waals surface area (Å²) in [5.74, 6) is 0. The number of nitriles is 3. The molecule has 2 aromatic rings. The second-order valence-electron chi connectivity index (χ2n) is 4.10. The molecule has 1 aromatic carbocycles. The fraction of sp³-hybridized carbons (Fsp3) is 0.0714. The van der Waals surface area contributed by atoms with Gasteiger partial charge in [0, 0.05) is 12.7 Å². The molecule has 0 aliphatic rings. The van der Waals surface area contributed by atoms with Crippen molar-refractivity contribution >= 4 is 16.6 Å². The van der Waals surface area contributed by atoms with Crippen LogP contribution in [0.5, 0.6) is 0 Å². The Hall–Kier alpha value is -3.63. The first-order valence-electron chi connectivity index (χ1n) is 5.77. The number of rotatable bonds is 2. The maximum atomic E-state index is 12.0. The van der Waals surface area contributed by atoms with Gasteiger partial charge in [0.05, 0.1) is 17.2 Å². The van der Waals surface area contributed by atoms with Crippen LogP contribution in [0.4, 0.5) is 5.69 Å². The highest BCUT2D eigenvalue weighted by Crippen LogP contribution is 2.17. The number of hydrogen-bond acceptors (Lipinski definition) is 6. The minimum atomic E-state index is -0.323. The van der Waals surface area contributed by atoms with Gasteiger partial charge in [-0.15, -0.1) is 0 Å². The molecule has 0 spiro atoms. The molecule has 0 aliphatic carbocycles. The smallest absolute Gasteiger partial charge is 0.260 e.